The van der Waals surface area contributed by atoms with Crippen molar-refractivity contribution < 1.29 is 14.3 Å². The Morgan fingerprint density at radius 3 is 2.84 bits per heavy atom. The van der Waals surface area contributed by atoms with Crippen LogP contribution in [0.1, 0.15) is 10.4 Å². The summed E-state index contributed by atoms with van der Waals surface area (Å²) in [5, 5.41) is 2.50. The largest absolute Gasteiger partial charge is 0.465 e. The van der Waals surface area contributed by atoms with Crippen molar-refractivity contribution in [2.75, 3.05) is 12.4 Å². The second kappa shape index (κ2) is 5.72. The zero-order chi connectivity index (χ0) is 13.7. The predicted octanol–water partition coefficient (Wildman–Crippen LogP) is 1.50. The summed E-state index contributed by atoms with van der Waals surface area (Å²) in [5.74, 6) is -0.539. The topological polar surface area (TPSA) is 81.2 Å². The molecule has 1 N–H and O–H groups in total. The van der Waals surface area contributed by atoms with Crippen LogP contribution in [0.2, 0.25) is 0 Å². The first-order chi connectivity index (χ1) is 9.27. The molecule has 0 saturated heterocycles. The van der Waals surface area contributed by atoms with Crippen LogP contribution in [0.3, 0.4) is 0 Å². The predicted molar refractivity (Wildman–Crippen MR) is 68.5 cm³/mol. The van der Waals surface area contributed by atoms with Crippen molar-refractivity contribution in [2.45, 2.75) is 0 Å². The molecule has 2 rings (SSSR count). The summed E-state index contributed by atoms with van der Waals surface area (Å²) in [6.07, 6.45) is 4.95. The molecule has 2 heterocycles. The minimum atomic E-state index is -0.539. The average Bonchev–Trinajstić information content (AvgIpc) is 2.47. The summed E-state index contributed by atoms with van der Waals surface area (Å²) in [5.41, 5.74) is 1.67. The van der Waals surface area contributed by atoms with E-state index >= 15 is 0 Å². The van der Waals surface area contributed by atoms with Gasteiger partial charge in [-0.1, -0.05) is 6.07 Å². The zero-order valence-electron chi connectivity index (χ0n) is 10.2. The van der Waals surface area contributed by atoms with Gasteiger partial charge in [0.2, 0.25) is 6.41 Å². The molecular formula is C13H11N3O3. The number of pyridine rings is 2. The number of carbonyl (C=O) groups is 2. The van der Waals surface area contributed by atoms with Crippen LogP contribution in [0.25, 0.3) is 11.3 Å². The number of hydrogen-bond acceptors (Lipinski definition) is 5. The van der Waals surface area contributed by atoms with Gasteiger partial charge in [-0.15, -0.1) is 0 Å². The van der Waals surface area contributed by atoms with Gasteiger partial charge < -0.3 is 10.1 Å². The standard InChI is InChI=1S/C13H11N3O3/c1-19-13(18)9-6-14-7-11(16-8-17)12(9)10-4-2-3-5-15-10/h2-8H,1H3,(H,16,17). The second-order valence-electron chi connectivity index (χ2n) is 3.58. The number of anilines is 1. The highest BCUT2D eigenvalue weighted by Crippen LogP contribution is 2.29. The fourth-order valence-electron chi connectivity index (χ4n) is 1.68. The molecule has 0 aliphatic heterocycles. The fourth-order valence-corrected chi connectivity index (χ4v) is 1.68. The van der Waals surface area contributed by atoms with Gasteiger partial charge >= 0.3 is 5.97 Å². The Bertz CT molecular complexity index is 599. The third-order valence-corrected chi connectivity index (χ3v) is 2.49. The number of nitrogens with one attached hydrogen (secondary N) is 1. The summed E-state index contributed by atoms with van der Waals surface area (Å²) < 4.78 is 4.71. The Morgan fingerprint density at radius 2 is 2.21 bits per heavy atom. The van der Waals surface area contributed by atoms with Crippen LogP contribution in [0.5, 0.6) is 0 Å². The molecule has 6 nitrogen and oxygen atoms in total. The number of esters is 1. The normalized spacial score (nSPS) is 9.74. The van der Waals surface area contributed by atoms with Gasteiger partial charge in [0.1, 0.15) is 0 Å². The Hall–Kier alpha value is -2.76. The summed E-state index contributed by atoms with van der Waals surface area (Å²) in [7, 11) is 1.28. The smallest absolute Gasteiger partial charge is 0.340 e. The lowest BCUT2D eigenvalue weighted by atomic mass is 10.0. The molecular weight excluding hydrogens is 246 g/mol. The molecule has 0 spiro atoms. The Labute approximate surface area is 109 Å². The highest BCUT2D eigenvalue weighted by Gasteiger charge is 2.18. The fraction of sp³-hybridized carbons (Fsp3) is 0.0769. The van der Waals surface area contributed by atoms with Crippen LogP contribution in [-0.2, 0) is 9.53 Å². The molecule has 0 saturated carbocycles. The highest BCUT2D eigenvalue weighted by atomic mass is 16.5. The third kappa shape index (κ3) is 2.57. The quantitative estimate of drug-likeness (QED) is 0.663. The first-order valence-electron chi connectivity index (χ1n) is 5.46. The zero-order valence-corrected chi connectivity index (χ0v) is 10.2. The van der Waals surface area contributed by atoms with Gasteiger partial charge in [-0.25, -0.2) is 4.79 Å². The Morgan fingerprint density at radius 1 is 1.37 bits per heavy atom. The van der Waals surface area contributed by atoms with Crippen molar-refractivity contribution in [2.24, 2.45) is 0 Å². The molecule has 0 aliphatic rings. The van der Waals surface area contributed by atoms with E-state index in [-0.39, 0.29) is 5.56 Å². The van der Waals surface area contributed by atoms with E-state index in [0.717, 1.165) is 0 Å². The van der Waals surface area contributed by atoms with Crippen molar-refractivity contribution in [3.63, 3.8) is 0 Å². The number of carbonyl (C=O) groups excluding carboxylic acids is 2. The van der Waals surface area contributed by atoms with Gasteiger partial charge in [0.05, 0.1) is 30.3 Å². The van der Waals surface area contributed by atoms with Crippen molar-refractivity contribution in [1.82, 2.24) is 9.97 Å². The summed E-state index contributed by atoms with van der Waals surface area (Å²) in [6, 6.07) is 5.28. The lowest BCUT2D eigenvalue weighted by molar-refractivity contribution is -0.105. The SMILES string of the molecule is COC(=O)c1cncc(NC=O)c1-c1ccccn1. The van der Waals surface area contributed by atoms with E-state index < -0.39 is 5.97 Å². The molecule has 19 heavy (non-hydrogen) atoms. The van der Waals surface area contributed by atoms with Crippen LogP contribution in [0.4, 0.5) is 5.69 Å². The van der Waals surface area contributed by atoms with Crippen LogP contribution in [-0.4, -0.2) is 29.5 Å². The Balaban J connectivity index is 2.66. The molecule has 0 unspecified atom stereocenters. The molecule has 1 amide bonds. The van der Waals surface area contributed by atoms with Gasteiger partial charge in [-0.3, -0.25) is 14.8 Å². The van der Waals surface area contributed by atoms with Crippen molar-refractivity contribution in [3.05, 3.63) is 42.4 Å². The number of rotatable bonds is 4. The first-order valence-corrected chi connectivity index (χ1v) is 5.46. The third-order valence-electron chi connectivity index (χ3n) is 2.49. The monoisotopic (exact) mass is 257 g/mol. The van der Waals surface area contributed by atoms with Crippen molar-refractivity contribution in [3.8, 4) is 11.3 Å². The molecule has 0 bridgehead atoms. The van der Waals surface area contributed by atoms with E-state index in [1.165, 1.54) is 19.5 Å². The molecule has 96 valence electrons. The number of nitrogens with zero attached hydrogens (tertiary/aromatic N) is 2. The molecule has 2 aromatic heterocycles. The number of ether oxygens (including phenoxy) is 1. The lowest BCUT2D eigenvalue weighted by Gasteiger charge is -2.11. The van der Waals surface area contributed by atoms with Gasteiger partial charge in [0.25, 0.3) is 0 Å². The minimum absolute atomic E-state index is 0.244. The van der Waals surface area contributed by atoms with E-state index in [1.807, 2.05) is 0 Å². The maximum atomic E-state index is 11.8. The maximum absolute atomic E-state index is 11.8. The van der Waals surface area contributed by atoms with Crippen LogP contribution < -0.4 is 5.32 Å². The summed E-state index contributed by atoms with van der Waals surface area (Å²) in [6.45, 7) is 0. The number of methoxy groups -OCH3 is 1. The van der Waals surface area contributed by atoms with E-state index in [9.17, 15) is 9.59 Å². The van der Waals surface area contributed by atoms with E-state index in [1.54, 1.807) is 24.4 Å². The first kappa shape index (κ1) is 12.7. The average molecular weight is 257 g/mol. The van der Waals surface area contributed by atoms with Gasteiger partial charge in [-0.05, 0) is 12.1 Å². The van der Waals surface area contributed by atoms with E-state index in [2.05, 4.69) is 15.3 Å². The molecule has 0 radical (unpaired) electrons. The molecule has 0 atom stereocenters. The molecule has 6 heteroatoms. The molecule has 0 aliphatic carbocycles. The van der Waals surface area contributed by atoms with Crippen molar-refractivity contribution >= 4 is 18.1 Å². The molecule has 2 aromatic rings. The number of hydrogen-bond donors (Lipinski definition) is 1. The number of aromatic nitrogens is 2. The minimum Gasteiger partial charge on any atom is -0.465 e. The summed E-state index contributed by atoms with van der Waals surface area (Å²) in [4.78, 5) is 30.5. The van der Waals surface area contributed by atoms with Crippen LogP contribution >= 0.6 is 0 Å². The highest BCUT2D eigenvalue weighted by molar-refractivity contribution is 6.01. The lowest BCUT2D eigenvalue weighted by Crippen LogP contribution is -2.08. The van der Waals surface area contributed by atoms with Crippen molar-refractivity contribution in [1.29, 1.82) is 0 Å². The maximum Gasteiger partial charge on any atom is 0.340 e. The van der Waals surface area contributed by atoms with Gasteiger partial charge in [0, 0.05) is 18.0 Å². The van der Waals surface area contributed by atoms with E-state index in [0.29, 0.717) is 23.4 Å². The molecule has 0 aromatic carbocycles. The van der Waals surface area contributed by atoms with Crippen LogP contribution in [0.15, 0.2) is 36.8 Å². The van der Waals surface area contributed by atoms with Gasteiger partial charge in [0.15, 0.2) is 0 Å². The molecule has 0 fully saturated rings. The Kier molecular flexibility index (Phi) is 3.82. The van der Waals surface area contributed by atoms with Gasteiger partial charge in [-0.2, -0.15) is 0 Å². The van der Waals surface area contributed by atoms with Crippen LogP contribution in [0, 0.1) is 0 Å². The summed E-state index contributed by atoms with van der Waals surface area (Å²) >= 11 is 0. The second-order valence-corrected chi connectivity index (χ2v) is 3.58. The number of amides is 1. The van der Waals surface area contributed by atoms with E-state index in [4.69, 9.17) is 4.74 Å².